The highest BCUT2D eigenvalue weighted by Crippen LogP contribution is 2.18. The van der Waals surface area contributed by atoms with E-state index in [1.807, 2.05) is 42.5 Å². The van der Waals surface area contributed by atoms with Crippen LogP contribution in [-0.2, 0) is 4.79 Å². The molecule has 0 bridgehead atoms. The van der Waals surface area contributed by atoms with Crippen LogP contribution in [-0.4, -0.2) is 40.9 Å². The monoisotopic (exact) mass is 570 g/mol. The molecule has 0 aliphatic rings. The number of nitrogens with zero attached hydrogens (tertiary/aromatic N) is 3. The number of hydrogen-bond donors (Lipinski definition) is 3. The molecule has 0 aliphatic carbocycles. The van der Waals surface area contributed by atoms with Gasteiger partial charge in [0.05, 0.1) is 28.1 Å². The molecule has 41 heavy (non-hydrogen) atoms. The fourth-order valence-corrected chi connectivity index (χ4v) is 4.44. The quantitative estimate of drug-likeness (QED) is 0.143. The van der Waals surface area contributed by atoms with E-state index in [0.717, 1.165) is 18.8 Å². The predicted molar refractivity (Wildman–Crippen MR) is 164 cm³/mol. The van der Waals surface area contributed by atoms with E-state index in [9.17, 15) is 14.4 Å². The second-order valence-electron chi connectivity index (χ2n) is 9.08. The lowest BCUT2D eigenvalue weighted by Crippen LogP contribution is -2.33. The van der Waals surface area contributed by atoms with Gasteiger partial charge in [0.1, 0.15) is 5.70 Å². The lowest BCUT2D eigenvalue weighted by atomic mass is 10.1. The smallest absolute Gasteiger partial charge is 0.287 e. The molecule has 0 radical (unpaired) electrons. The van der Waals surface area contributed by atoms with Gasteiger partial charge in [-0.15, -0.1) is 0 Å². The number of hydrogen-bond acceptors (Lipinski definition) is 5. The molecule has 3 N–H and O–H groups in total. The summed E-state index contributed by atoms with van der Waals surface area (Å²) in [6.45, 7) is 7.62. The Balaban J connectivity index is 1.59. The third kappa shape index (κ3) is 7.01. The van der Waals surface area contributed by atoms with E-state index in [1.165, 1.54) is 10.9 Å². The van der Waals surface area contributed by atoms with Gasteiger partial charge in [0.15, 0.2) is 0 Å². The van der Waals surface area contributed by atoms with Crippen LogP contribution in [0, 0.1) is 6.92 Å². The summed E-state index contributed by atoms with van der Waals surface area (Å²) in [5, 5.41) is 9.92. The highest BCUT2D eigenvalue weighted by Gasteiger charge is 2.17. The molecule has 210 valence electrons. The molecule has 0 saturated heterocycles. The van der Waals surface area contributed by atoms with Crippen LogP contribution in [0.3, 0.4) is 0 Å². The molecule has 0 fully saturated rings. The van der Waals surface area contributed by atoms with Crippen LogP contribution in [0.15, 0.2) is 94.5 Å². The molecule has 9 nitrogen and oxygen atoms in total. The molecular formula is C31H31ClN6O3. The number of halogens is 1. The molecule has 4 aromatic rings. The van der Waals surface area contributed by atoms with Crippen molar-refractivity contribution in [3.63, 3.8) is 0 Å². The molecule has 2 amide bonds. The Bertz CT molecular complexity index is 1630. The summed E-state index contributed by atoms with van der Waals surface area (Å²) in [5.74, 6) is -1.22. The summed E-state index contributed by atoms with van der Waals surface area (Å²) >= 11 is 6.20. The van der Waals surface area contributed by atoms with Crippen molar-refractivity contribution in [1.29, 1.82) is 0 Å². The van der Waals surface area contributed by atoms with Gasteiger partial charge in [-0.05, 0) is 68.8 Å². The first-order valence-corrected chi connectivity index (χ1v) is 13.5. The summed E-state index contributed by atoms with van der Waals surface area (Å²) in [4.78, 5) is 41.4. The van der Waals surface area contributed by atoms with Gasteiger partial charge in [-0.1, -0.05) is 54.1 Å². The van der Waals surface area contributed by atoms with Crippen LogP contribution in [0.2, 0.25) is 5.02 Å². The second-order valence-corrected chi connectivity index (χ2v) is 9.49. The normalized spacial score (nSPS) is 11.5. The number of nitrogens with one attached hydrogen (secondary N) is 3. The Morgan fingerprint density at radius 1 is 0.976 bits per heavy atom. The molecular weight excluding hydrogens is 540 g/mol. The molecule has 1 heterocycles. The minimum absolute atomic E-state index is 0.0462. The van der Waals surface area contributed by atoms with Gasteiger partial charge in [-0.3, -0.25) is 19.5 Å². The first-order valence-electron chi connectivity index (χ1n) is 13.1. The number of anilines is 1. The van der Waals surface area contributed by atoms with Gasteiger partial charge >= 0.3 is 0 Å². The molecule has 0 spiro atoms. The zero-order chi connectivity index (χ0) is 29.4. The minimum atomic E-state index is -0.675. The van der Waals surface area contributed by atoms with Crippen LogP contribution < -0.4 is 21.2 Å². The van der Waals surface area contributed by atoms with Crippen molar-refractivity contribution in [3.8, 4) is 5.69 Å². The van der Waals surface area contributed by atoms with Crippen molar-refractivity contribution in [2.75, 3.05) is 18.0 Å². The number of aromatic nitrogens is 2. The molecule has 0 aliphatic heterocycles. The Hall–Kier alpha value is -4.89. The van der Waals surface area contributed by atoms with Crippen molar-refractivity contribution in [2.24, 2.45) is 5.10 Å². The number of carbonyl (C=O) groups is 2. The largest absolute Gasteiger partial charge is 0.372 e. The molecule has 3 aromatic carbocycles. The number of hydrazone groups is 1. The van der Waals surface area contributed by atoms with E-state index < -0.39 is 11.8 Å². The van der Waals surface area contributed by atoms with Crippen molar-refractivity contribution in [3.05, 3.63) is 122 Å². The van der Waals surface area contributed by atoms with Crippen LogP contribution >= 0.6 is 11.6 Å². The fourth-order valence-electron chi connectivity index (χ4n) is 4.22. The summed E-state index contributed by atoms with van der Waals surface area (Å²) in [7, 11) is 0. The topological polar surface area (TPSA) is 112 Å². The molecule has 1 aromatic heterocycles. The maximum atomic E-state index is 13.2. The van der Waals surface area contributed by atoms with Crippen LogP contribution in [0.5, 0.6) is 0 Å². The maximum Gasteiger partial charge on any atom is 0.287 e. The number of aryl methyl sites for hydroxylation is 1. The van der Waals surface area contributed by atoms with Gasteiger partial charge in [0.2, 0.25) is 0 Å². The number of para-hydroxylation sites is 1. The van der Waals surface area contributed by atoms with Gasteiger partial charge in [0, 0.05) is 24.5 Å². The van der Waals surface area contributed by atoms with E-state index in [1.54, 1.807) is 49.4 Å². The summed E-state index contributed by atoms with van der Waals surface area (Å²) in [6.07, 6.45) is 2.83. The van der Waals surface area contributed by atoms with Crippen molar-refractivity contribution in [1.82, 2.24) is 20.5 Å². The third-order valence-corrected chi connectivity index (χ3v) is 6.76. The van der Waals surface area contributed by atoms with Gasteiger partial charge in [-0.2, -0.15) is 5.10 Å². The number of carbonyl (C=O) groups excluding carboxylic acids is 2. The number of H-pyrrole nitrogens is 1. The lowest BCUT2D eigenvalue weighted by molar-refractivity contribution is -0.117. The van der Waals surface area contributed by atoms with Crippen molar-refractivity contribution in [2.45, 2.75) is 20.8 Å². The van der Waals surface area contributed by atoms with E-state index in [4.69, 9.17) is 11.6 Å². The third-order valence-electron chi connectivity index (χ3n) is 6.44. The number of amides is 2. The zero-order valence-corrected chi connectivity index (χ0v) is 23.8. The predicted octanol–water partition coefficient (Wildman–Crippen LogP) is 4.89. The molecule has 10 heteroatoms. The molecule has 0 saturated carbocycles. The second kappa shape index (κ2) is 13.5. The first-order chi connectivity index (χ1) is 19.8. The molecule has 0 unspecified atom stereocenters. The average molecular weight is 571 g/mol. The Kier molecular flexibility index (Phi) is 9.55. The Labute approximate surface area is 243 Å². The Morgan fingerprint density at radius 2 is 1.63 bits per heavy atom. The fraction of sp³-hybridized carbons (Fsp3) is 0.161. The van der Waals surface area contributed by atoms with E-state index in [0.29, 0.717) is 16.9 Å². The van der Waals surface area contributed by atoms with Gasteiger partial charge < -0.3 is 10.2 Å². The Morgan fingerprint density at radius 3 is 2.29 bits per heavy atom. The van der Waals surface area contributed by atoms with Gasteiger partial charge in [0.25, 0.3) is 17.4 Å². The summed E-state index contributed by atoms with van der Waals surface area (Å²) < 4.78 is 1.40. The van der Waals surface area contributed by atoms with Crippen molar-refractivity contribution < 1.29 is 9.59 Å². The summed E-state index contributed by atoms with van der Waals surface area (Å²) in [6, 6.07) is 23.3. The molecule has 0 atom stereocenters. The van der Waals surface area contributed by atoms with Crippen LogP contribution in [0.25, 0.3) is 11.8 Å². The number of rotatable bonds is 10. The average Bonchev–Trinajstić information content (AvgIpc) is 3.27. The lowest BCUT2D eigenvalue weighted by Gasteiger charge is -2.21. The van der Waals surface area contributed by atoms with Crippen molar-refractivity contribution >= 4 is 41.4 Å². The zero-order valence-electron chi connectivity index (χ0n) is 23.0. The van der Waals surface area contributed by atoms with Crippen LogP contribution in [0.1, 0.15) is 41.0 Å². The minimum Gasteiger partial charge on any atom is -0.372 e. The van der Waals surface area contributed by atoms with E-state index in [-0.39, 0.29) is 27.4 Å². The van der Waals surface area contributed by atoms with E-state index in [2.05, 4.69) is 39.7 Å². The van der Waals surface area contributed by atoms with Crippen LogP contribution in [0.4, 0.5) is 5.69 Å². The molecule has 4 rings (SSSR count). The standard InChI is InChI=1S/C31H31ClN6O3/c1-4-37(5-2)23-17-15-22(16-18-23)19-28(34-29(39)25-13-9-10-14-27(25)32)30(40)35-33-20-26-21(3)36-38(31(26)41)24-11-7-6-8-12-24/h6-20,36H,4-5H2,1-3H3,(H,34,39)(H,35,40)/b28-19?,33-20+. The number of benzene rings is 3. The van der Waals surface area contributed by atoms with E-state index >= 15 is 0 Å². The number of aromatic amines is 1. The first kappa shape index (κ1) is 29.1. The highest BCUT2D eigenvalue weighted by atomic mass is 35.5. The van der Waals surface area contributed by atoms with Gasteiger partial charge in [-0.25, -0.2) is 10.1 Å². The SMILES string of the molecule is CCN(CC)c1ccc(C=C(NC(=O)c2ccccc2Cl)C(=O)N/N=C/c2c(C)[nH]n(-c3ccccc3)c2=O)cc1. The summed E-state index contributed by atoms with van der Waals surface area (Å²) in [5.41, 5.74) is 5.55. The maximum absolute atomic E-state index is 13.2. The highest BCUT2D eigenvalue weighted by molar-refractivity contribution is 6.34.